The third kappa shape index (κ3) is 4.19. The van der Waals surface area contributed by atoms with Gasteiger partial charge in [-0.2, -0.15) is 5.10 Å². The normalized spacial score (nSPS) is 15.0. The molecule has 8 nitrogen and oxygen atoms in total. The van der Waals surface area contributed by atoms with Crippen molar-refractivity contribution >= 4 is 16.6 Å². The van der Waals surface area contributed by atoms with E-state index < -0.39 is 0 Å². The van der Waals surface area contributed by atoms with Crippen LogP contribution < -0.4 is 5.32 Å². The highest BCUT2D eigenvalue weighted by Crippen LogP contribution is 2.27. The molecule has 6 rings (SSSR count). The summed E-state index contributed by atoms with van der Waals surface area (Å²) in [6.45, 7) is 2.47. The molecule has 4 heterocycles. The van der Waals surface area contributed by atoms with Crippen LogP contribution in [-0.4, -0.2) is 41.1 Å². The van der Waals surface area contributed by atoms with Crippen LogP contribution in [0.3, 0.4) is 0 Å². The second-order valence-electron chi connectivity index (χ2n) is 9.22. The van der Waals surface area contributed by atoms with Crippen molar-refractivity contribution in [3.8, 4) is 11.3 Å². The van der Waals surface area contributed by atoms with Gasteiger partial charge in [0.1, 0.15) is 22.7 Å². The van der Waals surface area contributed by atoms with Crippen LogP contribution in [0.4, 0.5) is 4.39 Å². The zero-order chi connectivity index (χ0) is 22.9. The van der Waals surface area contributed by atoms with Gasteiger partial charge in [0.05, 0.1) is 24.6 Å². The minimum absolute atomic E-state index is 0.336. The number of halogens is 1. The van der Waals surface area contributed by atoms with Gasteiger partial charge in [0, 0.05) is 29.9 Å². The number of nitrogens with zero attached hydrogens (tertiary/aromatic N) is 6. The largest absolute Gasteiger partial charge is 0.312 e. The van der Waals surface area contributed by atoms with Gasteiger partial charge in [-0.3, -0.25) is 5.10 Å². The first-order chi connectivity index (χ1) is 16.7. The second kappa shape index (κ2) is 8.98. The van der Waals surface area contributed by atoms with E-state index in [1.165, 1.54) is 43.7 Å². The zero-order valence-electron chi connectivity index (χ0n) is 18.9. The topological polar surface area (TPSA) is 88.7 Å². The number of imidazole rings is 1. The predicted octanol–water partition coefficient (Wildman–Crippen LogP) is 4.33. The molecule has 1 saturated carbocycles. The molecule has 0 spiro atoms. The van der Waals surface area contributed by atoms with Gasteiger partial charge in [-0.05, 0) is 49.1 Å². The number of hydrogen-bond donors (Lipinski definition) is 2. The smallest absolute Gasteiger partial charge is 0.148 e. The third-order valence-corrected chi connectivity index (χ3v) is 6.75. The highest BCUT2D eigenvalue weighted by Gasteiger charge is 2.14. The summed E-state index contributed by atoms with van der Waals surface area (Å²) in [6.07, 6.45) is 14.5. The van der Waals surface area contributed by atoms with Crippen LogP contribution in [0.15, 0.2) is 49.1 Å². The number of fused-ring (bicyclic) bond motifs is 2. The monoisotopic (exact) mass is 458 g/mol. The van der Waals surface area contributed by atoms with Gasteiger partial charge in [0.15, 0.2) is 0 Å². The molecule has 1 aromatic carbocycles. The predicted molar refractivity (Wildman–Crippen MR) is 128 cm³/mol. The van der Waals surface area contributed by atoms with Crippen LogP contribution in [-0.2, 0) is 13.1 Å². The summed E-state index contributed by atoms with van der Waals surface area (Å²) in [5.41, 5.74) is 4.88. The molecule has 0 amide bonds. The summed E-state index contributed by atoms with van der Waals surface area (Å²) in [5, 5.41) is 19.5. The van der Waals surface area contributed by atoms with Crippen molar-refractivity contribution in [1.82, 2.24) is 39.9 Å². The van der Waals surface area contributed by atoms with Gasteiger partial charge >= 0.3 is 0 Å². The second-order valence-corrected chi connectivity index (χ2v) is 9.22. The van der Waals surface area contributed by atoms with E-state index in [9.17, 15) is 4.39 Å². The number of H-pyrrole nitrogens is 1. The maximum absolute atomic E-state index is 14.0. The van der Waals surface area contributed by atoms with Crippen LogP contribution >= 0.6 is 0 Å². The van der Waals surface area contributed by atoms with E-state index in [1.807, 2.05) is 12.4 Å². The molecule has 1 fully saturated rings. The Morgan fingerprint density at radius 3 is 2.88 bits per heavy atom. The molecule has 1 aliphatic carbocycles. The average molecular weight is 459 g/mol. The first-order valence-corrected chi connectivity index (χ1v) is 11.9. The van der Waals surface area contributed by atoms with Crippen molar-refractivity contribution in [2.24, 2.45) is 5.92 Å². The fourth-order valence-corrected chi connectivity index (χ4v) is 4.97. The Morgan fingerprint density at radius 1 is 1.06 bits per heavy atom. The Morgan fingerprint density at radius 2 is 1.97 bits per heavy atom. The number of nitrogens with one attached hydrogen (secondary N) is 2. The Kier molecular flexibility index (Phi) is 5.54. The van der Waals surface area contributed by atoms with E-state index >= 15 is 0 Å². The number of hydrogen-bond acceptors (Lipinski definition) is 5. The molecule has 0 bridgehead atoms. The Hall–Kier alpha value is -3.59. The van der Waals surface area contributed by atoms with Crippen molar-refractivity contribution < 1.29 is 4.39 Å². The molecule has 0 saturated heterocycles. The van der Waals surface area contributed by atoms with Crippen molar-refractivity contribution in [1.29, 1.82) is 0 Å². The van der Waals surface area contributed by atoms with Crippen LogP contribution in [0.5, 0.6) is 0 Å². The molecular formula is C25H27FN8. The van der Waals surface area contributed by atoms with E-state index in [4.69, 9.17) is 4.98 Å². The number of benzene rings is 1. The Bertz CT molecular complexity index is 1430. The fourth-order valence-electron chi connectivity index (χ4n) is 4.97. The summed E-state index contributed by atoms with van der Waals surface area (Å²) in [6, 6.07) is 7.31. The molecule has 2 N–H and O–H groups in total. The van der Waals surface area contributed by atoms with Crippen molar-refractivity contribution in [3.05, 3.63) is 66.1 Å². The minimum Gasteiger partial charge on any atom is -0.312 e. The summed E-state index contributed by atoms with van der Waals surface area (Å²) in [7, 11) is 0. The first kappa shape index (κ1) is 21.0. The molecule has 0 radical (unpaired) electrons. The zero-order valence-corrected chi connectivity index (χ0v) is 18.9. The minimum atomic E-state index is -0.336. The van der Waals surface area contributed by atoms with Gasteiger partial charge in [0.25, 0.3) is 0 Å². The van der Waals surface area contributed by atoms with Crippen LogP contribution in [0.1, 0.15) is 43.4 Å². The molecule has 34 heavy (non-hydrogen) atoms. The van der Waals surface area contributed by atoms with Gasteiger partial charge in [-0.1, -0.05) is 30.5 Å². The lowest BCUT2D eigenvalue weighted by Gasteiger charge is -2.21. The lowest BCUT2D eigenvalue weighted by atomic mass is 9.89. The molecule has 4 aromatic heterocycles. The fraction of sp³-hybridized carbons (Fsp3) is 0.360. The summed E-state index contributed by atoms with van der Waals surface area (Å²) in [4.78, 5) is 4.73. The molecule has 1 aliphatic rings. The van der Waals surface area contributed by atoms with Crippen molar-refractivity contribution in [3.63, 3.8) is 0 Å². The number of aromatic nitrogens is 7. The number of aromatic amines is 1. The van der Waals surface area contributed by atoms with E-state index in [2.05, 4.69) is 48.6 Å². The maximum Gasteiger partial charge on any atom is 0.148 e. The van der Waals surface area contributed by atoms with Crippen LogP contribution in [0, 0.1) is 11.7 Å². The number of rotatable bonds is 7. The van der Waals surface area contributed by atoms with E-state index in [1.54, 1.807) is 16.9 Å². The van der Waals surface area contributed by atoms with Gasteiger partial charge < -0.3 is 9.72 Å². The summed E-state index contributed by atoms with van der Waals surface area (Å²) < 4.78 is 17.8. The van der Waals surface area contributed by atoms with E-state index in [-0.39, 0.29) is 5.82 Å². The Labute approximate surface area is 196 Å². The van der Waals surface area contributed by atoms with Gasteiger partial charge in [0.2, 0.25) is 0 Å². The summed E-state index contributed by atoms with van der Waals surface area (Å²) in [5.74, 6) is 0.487. The lowest BCUT2D eigenvalue weighted by Crippen LogP contribution is -2.24. The Balaban J connectivity index is 1.14. The molecule has 0 aliphatic heterocycles. The molecule has 9 heteroatoms. The highest BCUT2D eigenvalue weighted by atomic mass is 19.1. The molecular weight excluding hydrogens is 431 g/mol. The van der Waals surface area contributed by atoms with E-state index in [0.29, 0.717) is 23.1 Å². The van der Waals surface area contributed by atoms with Crippen molar-refractivity contribution in [2.45, 2.75) is 45.2 Å². The average Bonchev–Trinajstić information content (AvgIpc) is 3.60. The van der Waals surface area contributed by atoms with Crippen LogP contribution in [0.25, 0.3) is 27.8 Å². The SMILES string of the molecule is Fc1ccc(-c2cn(Cc3cn4cc(CNCC5CCCCC5)ccc4n3)nn2)c2cn[nH]c12. The first-order valence-electron chi connectivity index (χ1n) is 11.9. The molecule has 174 valence electrons. The van der Waals surface area contributed by atoms with E-state index in [0.717, 1.165) is 35.9 Å². The highest BCUT2D eigenvalue weighted by molar-refractivity contribution is 5.93. The number of pyridine rings is 1. The molecule has 0 atom stereocenters. The standard InChI is InChI=1S/C25H27FN8/c26-22-8-7-20(21-12-28-31-25(21)22)23-16-34(32-30-23)15-19-14-33-13-18(6-9-24(33)29-19)11-27-10-17-4-2-1-3-5-17/h6-9,12-14,16-17,27H,1-5,10-11,15H2,(H,28,31). The molecule has 0 unspecified atom stereocenters. The summed E-state index contributed by atoms with van der Waals surface area (Å²) >= 11 is 0. The van der Waals surface area contributed by atoms with Crippen molar-refractivity contribution in [2.75, 3.05) is 6.54 Å². The molecule has 5 aromatic rings. The van der Waals surface area contributed by atoms with Gasteiger partial charge in [-0.25, -0.2) is 14.1 Å². The van der Waals surface area contributed by atoms with Gasteiger partial charge in [-0.15, -0.1) is 5.10 Å². The van der Waals surface area contributed by atoms with Crippen LogP contribution in [0.2, 0.25) is 0 Å². The third-order valence-electron chi connectivity index (χ3n) is 6.75. The quantitative estimate of drug-likeness (QED) is 0.379. The maximum atomic E-state index is 14.0. The lowest BCUT2D eigenvalue weighted by molar-refractivity contribution is 0.342.